The number of hydrogen-bond acceptors (Lipinski definition) is 4. The summed E-state index contributed by atoms with van der Waals surface area (Å²) in [6, 6.07) is 6.94. The molecule has 1 aromatic carbocycles. The van der Waals surface area contributed by atoms with Crippen LogP contribution in [0.2, 0.25) is 0 Å². The first-order valence-electron chi connectivity index (χ1n) is 5.57. The summed E-state index contributed by atoms with van der Waals surface area (Å²) in [6.45, 7) is 1.10. The average Bonchev–Trinajstić information content (AvgIpc) is 2.33. The Morgan fingerprint density at radius 3 is 2.71 bits per heavy atom. The standard InChI is InChI=1S/C12H14N2O3/c13-7-3-4-8-14-10-6-2-1-5-9(10)11(15)17-12(14)16/h1-2,5-6H,3-4,7-8,13H2. The molecule has 1 heterocycles. The third-order valence-corrected chi connectivity index (χ3v) is 2.65. The fourth-order valence-corrected chi connectivity index (χ4v) is 1.80. The van der Waals surface area contributed by atoms with Crippen molar-refractivity contribution in [1.29, 1.82) is 0 Å². The molecule has 0 saturated heterocycles. The second-order valence-corrected chi connectivity index (χ2v) is 3.82. The number of nitrogens with two attached hydrogens (primary N) is 1. The van der Waals surface area contributed by atoms with Gasteiger partial charge in [-0.25, -0.2) is 9.59 Å². The van der Waals surface area contributed by atoms with Crippen molar-refractivity contribution in [2.75, 3.05) is 6.54 Å². The molecule has 0 bridgehead atoms. The topological polar surface area (TPSA) is 78.2 Å². The highest BCUT2D eigenvalue weighted by molar-refractivity contribution is 5.77. The van der Waals surface area contributed by atoms with Gasteiger partial charge < -0.3 is 10.2 Å². The smallest absolute Gasteiger partial charge is 0.372 e. The Morgan fingerprint density at radius 1 is 1.18 bits per heavy atom. The van der Waals surface area contributed by atoms with Crippen molar-refractivity contribution in [1.82, 2.24) is 4.57 Å². The number of nitrogens with zero attached hydrogens (tertiary/aromatic N) is 1. The quantitative estimate of drug-likeness (QED) is 0.789. The third-order valence-electron chi connectivity index (χ3n) is 2.65. The molecule has 0 atom stereocenters. The van der Waals surface area contributed by atoms with E-state index in [0.29, 0.717) is 24.0 Å². The SMILES string of the molecule is NCCCCn1c(=O)oc(=O)c2ccccc21. The lowest BCUT2D eigenvalue weighted by Crippen LogP contribution is -2.25. The van der Waals surface area contributed by atoms with E-state index in [-0.39, 0.29) is 0 Å². The van der Waals surface area contributed by atoms with Gasteiger partial charge in [-0.3, -0.25) is 4.57 Å². The van der Waals surface area contributed by atoms with Gasteiger partial charge >= 0.3 is 11.4 Å². The highest BCUT2D eigenvalue weighted by Crippen LogP contribution is 2.07. The van der Waals surface area contributed by atoms with E-state index in [2.05, 4.69) is 4.42 Å². The first kappa shape index (κ1) is 11.6. The van der Waals surface area contributed by atoms with Crippen LogP contribution in [0.15, 0.2) is 38.3 Å². The van der Waals surface area contributed by atoms with E-state index in [4.69, 9.17) is 5.73 Å². The van der Waals surface area contributed by atoms with Gasteiger partial charge in [0.1, 0.15) is 0 Å². The summed E-state index contributed by atoms with van der Waals surface area (Å²) in [7, 11) is 0. The van der Waals surface area contributed by atoms with Gasteiger partial charge in [-0.15, -0.1) is 0 Å². The molecule has 0 fully saturated rings. The first-order chi connectivity index (χ1) is 8.24. The summed E-state index contributed by atoms with van der Waals surface area (Å²) in [5.41, 5.74) is 5.44. The zero-order valence-electron chi connectivity index (χ0n) is 9.39. The lowest BCUT2D eigenvalue weighted by molar-refractivity contribution is 0.411. The molecule has 17 heavy (non-hydrogen) atoms. The van der Waals surface area contributed by atoms with E-state index < -0.39 is 11.4 Å². The number of para-hydroxylation sites is 1. The van der Waals surface area contributed by atoms with E-state index >= 15 is 0 Å². The lowest BCUT2D eigenvalue weighted by Gasteiger charge is -2.07. The van der Waals surface area contributed by atoms with Crippen LogP contribution >= 0.6 is 0 Å². The largest absolute Gasteiger partial charge is 0.422 e. The first-order valence-corrected chi connectivity index (χ1v) is 5.57. The van der Waals surface area contributed by atoms with Gasteiger partial charge in [0.2, 0.25) is 0 Å². The minimum Gasteiger partial charge on any atom is -0.372 e. The Labute approximate surface area is 97.5 Å². The maximum atomic E-state index is 11.6. The second-order valence-electron chi connectivity index (χ2n) is 3.82. The predicted octanol–water partition coefficient (Wildman–Crippen LogP) is 0.694. The van der Waals surface area contributed by atoms with Crippen molar-refractivity contribution in [3.05, 3.63) is 45.2 Å². The van der Waals surface area contributed by atoms with Gasteiger partial charge in [0.15, 0.2) is 0 Å². The van der Waals surface area contributed by atoms with E-state index in [1.807, 2.05) is 0 Å². The Hall–Kier alpha value is -1.88. The zero-order chi connectivity index (χ0) is 12.3. The number of aromatic nitrogens is 1. The van der Waals surface area contributed by atoms with Crippen LogP contribution in [-0.4, -0.2) is 11.1 Å². The molecule has 5 heteroatoms. The van der Waals surface area contributed by atoms with Crippen LogP contribution in [0.25, 0.3) is 10.9 Å². The number of fused-ring (bicyclic) bond motifs is 1. The van der Waals surface area contributed by atoms with Crippen LogP contribution < -0.4 is 17.1 Å². The maximum Gasteiger partial charge on any atom is 0.422 e. The molecule has 2 N–H and O–H groups in total. The monoisotopic (exact) mass is 234 g/mol. The highest BCUT2D eigenvalue weighted by Gasteiger charge is 2.07. The molecular formula is C12H14N2O3. The van der Waals surface area contributed by atoms with Gasteiger partial charge in [0.05, 0.1) is 10.9 Å². The van der Waals surface area contributed by atoms with Gasteiger partial charge in [-0.1, -0.05) is 12.1 Å². The molecule has 0 aliphatic heterocycles. The van der Waals surface area contributed by atoms with Crippen molar-refractivity contribution in [2.24, 2.45) is 5.73 Å². The Balaban J connectivity index is 2.54. The Bertz CT molecular complexity index is 627. The van der Waals surface area contributed by atoms with E-state index in [1.165, 1.54) is 4.57 Å². The van der Waals surface area contributed by atoms with Crippen LogP contribution in [0.3, 0.4) is 0 Å². The summed E-state index contributed by atoms with van der Waals surface area (Å²) in [5, 5.41) is 0.430. The van der Waals surface area contributed by atoms with Gasteiger partial charge in [-0.2, -0.15) is 0 Å². The van der Waals surface area contributed by atoms with Crippen molar-refractivity contribution < 1.29 is 4.42 Å². The summed E-state index contributed by atoms with van der Waals surface area (Å²) >= 11 is 0. The molecule has 90 valence electrons. The van der Waals surface area contributed by atoms with Crippen molar-refractivity contribution >= 4 is 10.9 Å². The zero-order valence-corrected chi connectivity index (χ0v) is 9.39. The molecule has 0 saturated carbocycles. The minimum atomic E-state index is -0.606. The molecule has 2 rings (SSSR count). The minimum absolute atomic E-state index is 0.430. The van der Waals surface area contributed by atoms with Crippen LogP contribution in [0.5, 0.6) is 0 Å². The summed E-state index contributed by atoms with van der Waals surface area (Å²) < 4.78 is 6.15. The third kappa shape index (κ3) is 2.29. The number of hydrogen-bond donors (Lipinski definition) is 1. The summed E-state index contributed by atoms with van der Waals surface area (Å²) in [6.07, 6.45) is 1.62. The van der Waals surface area contributed by atoms with Crippen LogP contribution in [0, 0.1) is 0 Å². The fourth-order valence-electron chi connectivity index (χ4n) is 1.80. The van der Waals surface area contributed by atoms with Crippen LogP contribution in [-0.2, 0) is 6.54 Å². The Kier molecular flexibility index (Phi) is 3.39. The number of aryl methyl sites for hydroxylation is 1. The van der Waals surface area contributed by atoms with Gasteiger partial charge in [0, 0.05) is 6.54 Å². The summed E-state index contributed by atoms with van der Waals surface area (Å²) in [4.78, 5) is 23.1. The molecule has 0 unspecified atom stereocenters. The normalized spacial score (nSPS) is 10.9. The van der Waals surface area contributed by atoms with Gasteiger partial charge in [0.25, 0.3) is 0 Å². The molecule has 0 radical (unpaired) electrons. The molecule has 0 aliphatic carbocycles. The molecule has 0 aliphatic rings. The average molecular weight is 234 g/mol. The van der Waals surface area contributed by atoms with Crippen LogP contribution in [0.1, 0.15) is 12.8 Å². The van der Waals surface area contributed by atoms with Crippen molar-refractivity contribution in [3.8, 4) is 0 Å². The van der Waals surface area contributed by atoms with E-state index in [1.54, 1.807) is 24.3 Å². The second kappa shape index (κ2) is 4.97. The lowest BCUT2D eigenvalue weighted by atomic mass is 10.2. The molecule has 1 aromatic heterocycles. The van der Waals surface area contributed by atoms with E-state index in [0.717, 1.165) is 12.8 Å². The Morgan fingerprint density at radius 2 is 1.94 bits per heavy atom. The number of benzene rings is 1. The number of unbranched alkanes of at least 4 members (excludes halogenated alkanes) is 1. The highest BCUT2D eigenvalue weighted by atomic mass is 16.4. The predicted molar refractivity (Wildman–Crippen MR) is 65.0 cm³/mol. The molecular weight excluding hydrogens is 220 g/mol. The van der Waals surface area contributed by atoms with Gasteiger partial charge in [-0.05, 0) is 31.5 Å². The molecule has 2 aromatic rings. The molecule has 5 nitrogen and oxygen atoms in total. The van der Waals surface area contributed by atoms with Crippen LogP contribution in [0.4, 0.5) is 0 Å². The molecule has 0 amide bonds. The molecule has 0 spiro atoms. The number of rotatable bonds is 4. The fraction of sp³-hybridized carbons (Fsp3) is 0.333. The summed E-state index contributed by atoms with van der Waals surface area (Å²) in [5.74, 6) is -0.606. The van der Waals surface area contributed by atoms with Crippen molar-refractivity contribution in [3.63, 3.8) is 0 Å². The van der Waals surface area contributed by atoms with E-state index in [9.17, 15) is 9.59 Å². The van der Waals surface area contributed by atoms with Crippen molar-refractivity contribution in [2.45, 2.75) is 19.4 Å². The maximum absolute atomic E-state index is 11.6.